The minimum absolute atomic E-state index is 0.0133. The Kier molecular flexibility index (Phi) is 6.04. The third-order valence-electron chi connectivity index (χ3n) is 4.07. The van der Waals surface area contributed by atoms with Crippen molar-refractivity contribution in [3.8, 4) is 5.75 Å². The van der Waals surface area contributed by atoms with Crippen LogP contribution >= 0.6 is 0 Å². The molecule has 8 heteroatoms. The summed E-state index contributed by atoms with van der Waals surface area (Å²) in [6, 6.07) is 14.6. The number of nitrogens with one attached hydrogen (secondary N) is 2. The molecule has 1 amide bonds. The highest BCUT2D eigenvalue weighted by Gasteiger charge is 2.18. The largest absolute Gasteiger partial charge is 0.495 e. The van der Waals surface area contributed by atoms with Crippen LogP contribution in [0.4, 0.5) is 11.4 Å². The molecule has 1 aromatic heterocycles. The molecule has 2 N–H and O–H groups in total. The first kappa shape index (κ1) is 20.2. The number of carbonyl (C=O) groups is 1. The van der Waals surface area contributed by atoms with E-state index in [0.29, 0.717) is 22.9 Å². The van der Waals surface area contributed by atoms with Gasteiger partial charge in [0.15, 0.2) is 0 Å². The number of benzene rings is 2. The fraction of sp³-hybridized carbons (Fsp3) is 0.0952. The van der Waals surface area contributed by atoms with E-state index in [0.717, 1.165) is 5.56 Å². The van der Waals surface area contributed by atoms with Crippen molar-refractivity contribution >= 4 is 33.4 Å². The zero-order valence-corrected chi connectivity index (χ0v) is 16.7. The fourth-order valence-corrected chi connectivity index (χ4v) is 3.65. The van der Waals surface area contributed by atoms with E-state index >= 15 is 0 Å². The lowest BCUT2D eigenvalue weighted by molar-refractivity contribution is -0.111. The second-order valence-electron chi connectivity index (χ2n) is 6.12. The summed E-state index contributed by atoms with van der Waals surface area (Å²) >= 11 is 0. The predicted octanol–water partition coefficient (Wildman–Crippen LogP) is 4.05. The van der Waals surface area contributed by atoms with Crippen LogP contribution in [0.2, 0.25) is 0 Å². The monoisotopic (exact) mass is 412 g/mol. The van der Waals surface area contributed by atoms with Crippen LogP contribution in [-0.2, 0) is 14.8 Å². The van der Waals surface area contributed by atoms with Crippen molar-refractivity contribution in [2.45, 2.75) is 11.8 Å². The number of carbonyl (C=O) groups excluding carboxylic acids is 1. The Morgan fingerprint density at radius 1 is 1.07 bits per heavy atom. The van der Waals surface area contributed by atoms with Crippen LogP contribution in [0.1, 0.15) is 11.3 Å². The molecule has 0 radical (unpaired) electrons. The van der Waals surface area contributed by atoms with Gasteiger partial charge >= 0.3 is 0 Å². The summed E-state index contributed by atoms with van der Waals surface area (Å²) in [4.78, 5) is 12.2. The Balaban J connectivity index is 1.81. The second-order valence-corrected chi connectivity index (χ2v) is 7.80. The van der Waals surface area contributed by atoms with Crippen LogP contribution < -0.4 is 14.8 Å². The van der Waals surface area contributed by atoms with Crippen molar-refractivity contribution in [1.29, 1.82) is 0 Å². The molecule has 0 atom stereocenters. The number of rotatable bonds is 7. The standard InChI is InChI=1S/C21H20N2O5S/c1-15-9-11-17(29(25,26)23-18-7-3-4-8-20(18)27-2)14-19(15)22-21(24)12-10-16-6-5-13-28-16/h3-14,23H,1-2H3,(H,22,24)/b12-10+. The van der Waals surface area contributed by atoms with Gasteiger partial charge in [-0.3, -0.25) is 9.52 Å². The van der Waals surface area contributed by atoms with Crippen LogP contribution in [0.15, 0.2) is 76.2 Å². The average molecular weight is 412 g/mol. The Morgan fingerprint density at radius 2 is 1.86 bits per heavy atom. The Bertz CT molecular complexity index is 1140. The van der Waals surface area contributed by atoms with Gasteiger partial charge in [-0.2, -0.15) is 0 Å². The summed E-state index contributed by atoms with van der Waals surface area (Å²) in [7, 11) is -2.42. The first-order valence-corrected chi connectivity index (χ1v) is 10.2. The lowest BCUT2D eigenvalue weighted by atomic mass is 10.2. The number of para-hydroxylation sites is 2. The van der Waals surface area contributed by atoms with E-state index in [9.17, 15) is 13.2 Å². The molecule has 0 saturated carbocycles. The van der Waals surface area contributed by atoms with Crippen LogP contribution in [0.3, 0.4) is 0 Å². The Hall–Kier alpha value is -3.52. The number of aryl methyl sites for hydroxylation is 1. The van der Waals surface area contributed by atoms with E-state index in [2.05, 4.69) is 10.0 Å². The third-order valence-corrected chi connectivity index (χ3v) is 5.43. The molecule has 0 spiro atoms. The second kappa shape index (κ2) is 8.66. The summed E-state index contributed by atoms with van der Waals surface area (Å²) in [6.07, 6.45) is 4.34. The molecule has 0 aliphatic rings. The van der Waals surface area contributed by atoms with Gasteiger partial charge in [0.2, 0.25) is 5.91 Å². The van der Waals surface area contributed by atoms with Crippen LogP contribution in [-0.4, -0.2) is 21.4 Å². The minimum Gasteiger partial charge on any atom is -0.495 e. The minimum atomic E-state index is -3.88. The van der Waals surface area contributed by atoms with Crippen molar-refractivity contribution in [2.24, 2.45) is 0 Å². The van der Waals surface area contributed by atoms with Crippen molar-refractivity contribution in [3.05, 3.63) is 78.3 Å². The highest BCUT2D eigenvalue weighted by molar-refractivity contribution is 7.92. The van der Waals surface area contributed by atoms with Crippen molar-refractivity contribution < 1.29 is 22.4 Å². The maximum Gasteiger partial charge on any atom is 0.262 e. The van der Waals surface area contributed by atoms with E-state index in [1.807, 2.05) is 0 Å². The highest BCUT2D eigenvalue weighted by atomic mass is 32.2. The van der Waals surface area contributed by atoms with Gasteiger partial charge in [0, 0.05) is 11.8 Å². The van der Waals surface area contributed by atoms with E-state index < -0.39 is 15.9 Å². The van der Waals surface area contributed by atoms with Gasteiger partial charge in [-0.15, -0.1) is 0 Å². The van der Waals surface area contributed by atoms with Gasteiger partial charge in [-0.1, -0.05) is 18.2 Å². The van der Waals surface area contributed by atoms with Gasteiger partial charge in [0.05, 0.1) is 24.0 Å². The van der Waals surface area contributed by atoms with Crippen molar-refractivity contribution in [1.82, 2.24) is 0 Å². The first-order valence-electron chi connectivity index (χ1n) is 8.68. The molecule has 0 aliphatic heterocycles. The van der Waals surface area contributed by atoms with E-state index in [4.69, 9.17) is 9.15 Å². The molecular weight excluding hydrogens is 392 g/mol. The molecule has 3 aromatic rings. The Morgan fingerprint density at radius 3 is 2.59 bits per heavy atom. The zero-order valence-electron chi connectivity index (χ0n) is 15.9. The Labute approximate surface area is 169 Å². The number of ether oxygens (including phenoxy) is 1. The van der Waals surface area contributed by atoms with Gasteiger partial charge in [0.25, 0.3) is 10.0 Å². The molecule has 2 aromatic carbocycles. The summed E-state index contributed by atoms with van der Waals surface area (Å²) in [5.41, 5.74) is 1.44. The number of methoxy groups -OCH3 is 1. The third kappa shape index (κ3) is 5.05. The van der Waals surface area contributed by atoms with E-state index in [-0.39, 0.29) is 4.90 Å². The van der Waals surface area contributed by atoms with Gasteiger partial charge < -0.3 is 14.5 Å². The van der Waals surface area contributed by atoms with Crippen molar-refractivity contribution in [3.63, 3.8) is 0 Å². The molecule has 3 rings (SSSR count). The lowest BCUT2D eigenvalue weighted by Gasteiger charge is -2.13. The predicted molar refractivity (Wildman–Crippen MR) is 111 cm³/mol. The lowest BCUT2D eigenvalue weighted by Crippen LogP contribution is -2.15. The van der Waals surface area contributed by atoms with Gasteiger partial charge in [-0.05, 0) is 55.0 Å². The number of anilines is 2. The van der Waals surface area contributed by atoms with Crippen molar-refractivity contribution in [2.75, 3.05) is 17.1 Å². The molecule has 0 aliphatic carbocycles. The summed E-state index contributed by atoms with van der Waals surface area (Å²) in [5.74, 6) is 0.533. The molecule has 0 bridgehead atoms. The molecule has 0 fully saturated rings. The summed E-state index contributed by atoms with van der Waals surface area (Å²) in [5, 5.41) is 2.69. The summed E-state index contributed by atoms with van der Waals surface area (Å²) in [6.45, 7) is 1.77. The number of sulfonamides is 1. The average Bonchev–Trinajstić information content (AvgIpc) is 3.22. The SMILES string of the molecule is COc1ccccc1NS(=O)(=O)c1ccc(C)c(NC(=O)/C=C/c2ccco2)c1. The van der Waals surface area contributed by atoms with Gasteiger partial charge in [-0.25, -0.2) is 8.42 Å². The van der Waals surface area contributed by atoms with Crippen LogP contribution in [0.25, 0.3) is 6.08 Å². The maximum absolute atomic E-state index is 12.8. The maximum atomic E-state index is 12.8. The normalized spacial score (nSPS) is 11.4. The summed E-state index contributed by atoms with van der Waals surface area (Å²) < 4.78 is 38.4. The van der Waals surface area contributed by atoms with Crippen LogP contribution in [0, 0.1) is 6.92 Å². The van der Waals surface area contributed by atoms with E-state index in [1.54, 1.807) is 49.4 Å². The molecule has 150 valence electrons. The number of hydrogen-bond donors (Lipinski definition) is 2. The smallest absolute Gasteiger partial charge is 0.262 e. The first-order chi connectivity index (χ1) is 13.9. The quantitative estimate of drug-likeness (QED) is 0.571. The highest BCUT2D eigenvalue weighted by Crippen LogP contribution is 2.27. The molecular formula is C21H20N2O5S. The molecule has 0 unspecified atom stereocenters. The van der Waals surface area contributed by atoms with E-state index in [1.165, 1.54) is 37.7 Å². The molecule has 7 nitrogen and oxygen atoms in total. The molecule has 0 saturated heterocycles. The molecule has 1 heterocycles. The fourth-order valence-electron chi connectivity index (χ4n) is 2.55. The van der Waals surface area contributed by atoms with Crippen LogP contribution in [0.5, 0.6) is 5.75 Å². The van der Waals surface area contributed by atoms with Gasteiger partial charge in [0.1, 0.15) is 11.5 Å². The number of hydrogen-bond acceptors (Lipinski definition) is 5. The number of amides is 1. The molecule has 29 heavy (non-hydrogen) atoms. The topological polar surface area (TPSA) is 97.6 Å². The zero-order chi connectivity index (χ0) is 20.9. The number of furan rings is 1.